The van der Waals surface area contributed by atoms with Crippen LogP contribution < -0.4 is 0 Å². The highest BCUT2D eigenvalue weighted by atomic mass is 31.2. The summed E-state index contributed by atoms with van der Waals surface area (Å²) in [5.41, 5.74) is 0. The molecule has 1 atom stereocenters. The molecular weight excluding hydrogens is 667 g/mol. The van der Waals surface area contributed by atoms with Crippen LogP contribution in [0.15, 0.2) is 48.6 Å². The summed E-state index contributed by atoms with van der Waals surface area (Å²) in [7, 11) is -4.78. The first-order chi connectivity index (χ1) is 24.7. The molecule has 10 heteroatoms. The minimum Gasteiger partial charge on any atom is -0.462 e. The molecule has 0 saturated heterocycles. The average molecular weight is 739 g/mol. The van der Waals surface area contributed by atoms with Crippen molar-refractivity contribution in [3.05, 3.63) is 48.6 Å². The molecule has 0 spiro atoms. The standard InChI is InChI=1S/C41H71O9P/c1-3-5-7-8-9-10-11-12-13-14-17-21-24-27-31-35-41(44)50-39(37-49-51(45,46)47)36-48-40(43)34-30-26-23-20-18-15-16-19-22-25-29-33-38(42)32-28-6-4-2/h15-16,20,22-23,25,29,33,39H,3-14,17-19,21,24,26-28,30-32,34-37H2,1-2H3,(H2,45,46,47)/b16-15-,23-20-,25-22-,33-29+/t39-/m1/s1. The monoisotopic (exact) mass is 738 g/mol. The third kappa shape index (κ3) is 38.7. The van der Waals surface area contributed by atoms with E-state index in [1.165, 1.54) is 70.6 Å². The van der Waals surface area contributed by atoms with E-state index >= 15 is 0 Å². The van der Waals surface area contributed by atoms with Crippen molar-refractivity contribution in [2.75, 3.05) is 13.2 Å². The van der Waals surface area contributed by atoms with E-state index < -0.39 is 32.5 Å². The van der Waals surface area contributed by atoms with Crippen molar-refractivity contribution in [1.29, 1.82) is 0 Å². The Morgan fingerprint density at radius 2 is 1.06 bits per heavy atom. The van der Waals surface area contributed by atoms with Crippen LogP contribution in [-0.4, -0.2) is 46.8 Å². The van der Waals surface area contributed by atoms with Crippen molar-refractivity contribution in [2.45, 2.75) is 180 Å². The van der Waals surface area contributed by atoms with E-state index in [-0.39, 0.29) is 25.2 Å². The summed E-state index contributed by atoms with van der Waals surface area (Å²) >= 11 is 0. The van der Waals surface area contributed by atoms with Crippen molar-refractivity contribution in [3.63, 3.8) is 0 Å². The maximum atomic E-state index is 12.4. The van der Waals surface area contributed by atoms with Crippen LogP contribution in [0.2, 0.25) is 0 Å². The van der Waals surface area contributed by atoms with Gasteiger partial charge in [0.2, 0.25) is 0 Å². The Morgan fingerprint density at radius 3 is 1.65 bits per heavy atom. The van der Waals surface area contributed by atoms with Crippen molar-refractivity contribution >= 4 is 25.5 Å². The van der Waals surface area contributed by atoms with Crippen LogP contribution in [0.3, 0.4) is 0 Å². The first-order valence-electron chi connectivity index (χ1n) is 19.9. The maximum absolute atomic E-state index is 12.4. The summed E-state index contributed by atoms with van der Waals surface area (Å²) in [6.07, 6.45) is 39.6. The number of ketones is 1. The third-order valence-electron chi connectivity index (χ3n) is 8.33. The zero-order valence-electron chi connectivity index (χ0n) is 32.0. The number of carbonyl (C=O) groups is 3. The van der Waals surface area contributed by atoms with E-state index in [4.69, 9.17) is 19.3 Å². The van der Waals surface area contributed by atoms with Gasteiger partial charge in [-0.25, -0.2) is 4.57 Å². The lowest BCUT2D eigenvalue weighted by Crippen LogP contribution is -2.29. The van der Waals surface area contributed by atoms with Gasteiger partial charge < -0.3 is 19.3 Å². The second kappa shape index (κ2) is 36.1. The quantitative estimate of drug-likeness (QED) is 0.0161. The number of rotatable bonds is 36. The van der Waals surface area contributed by atoms with Crippen LogP contribution in [0.4, 0.5) is 0 Å². The minimum absolute atomic E-state index is 0.165. The van der Waals surface area contributed by atoms with Gasteiger partial charge in [0.1, 0.15) is 6.61 Å². The molecule has 294 valence electrons. The fourth-order valence-electron chi connectivity index (χ4n) is 5.32. The number of allylic oxidation sites excluding steroid dienone is 8. The fourth-order valence-corrected chi connectivity index (χ4v) is 5.68. The largest absolute Gasteiger partial charge is 0.469 e. The number of hydrogen-bond acceptors (Lipinski definition) is 7. The number of hydrogen-bond donors (Lipinski definition) is 2. The molecule has 0 aliphatic rings. The summed E-state index contributed by atoms with van der Waals surface area (Å²) in [6.45, 7) is 3.47. The van der Waals surface area contributed by atoms with Gasteiger partial charge in [-0.05, 0) is 44.6 Å². The Balaban J connectivity index is 4.08. The second-order valence-electron chi connectivity index (χ2n) is 13.3. The van der Waals surface area contributed by atoms with Crippen molar-refractivity contribution < 1.29 is 42.7 Å². The predicted molar refractivity (Wildman–Crippen MR) is 207 cm³/mol. The second-order valence-corrected chi connectivity index (χ2v) is 14.5. The Kier molecular flexibility index (Phi) is 34.4. The van der Waals surface area contributed by atoms with Crippen LogP contribution in [-0.2, 0) is 32.9 Å². The van der Waals surface area contributed by atoms with Gasteiger partial charge in [-0.3, -0.25) is 18.9 Å². The predicted octanol–water partition coefficient (Wildman–Crippen LogP) is 11.1. The Bertz CT molecular complexity index is 1030. The molecule has 0 bridgehead atoms. The highest BCUT2D eigenvalue weighted by molar-refractivity contribution is 7.46. The summed E-state index contributed by atoms with van der Waals surface area (Å²) in [4.78, 5) is 54.4. The van der Waals surface area contributed by atoms with Crippen molar-refractivity contribution in [3.8, 4) is 0 Å². The molecule has 0 rings (SSSR count). The zero-order chi connectivity index (χ0) is 37.7. The third-order valence-corrected chi connectivity index (χ3v) is 8.81. The van der Waals surface area contributed by atoms with Crippen LogP contribution >= 0.6 is 7.82 Å². The lowest BCUT2D eigenvalue weighted by Gasteiger charge is -2.18. The molecule has 0 unspecified atom stereocenters. The summed E-state index contributed by atoms with van der Waals surface area (Å²) in [5, 5.41) is 0. The lowest BCUT2D eigenvalue weighted by atomic mass is 10.0. The van der Waals surface area contributed by atoms with Crippen LogP contribution in [0.5, 0.6) is 0 Å². The molecule has 0 amide bonds. The maximum Gasteiger partial charge on any atom is 0.469 e. The summed E-state index contributed by atoms with van der Waals surface area (Å²) in [5.74, 6) is -0.816. The normalized spacial score (nSPS) is 12.9. The number of carbonyl (C=O) groups excluding carboxylic acids is 3. The van der Waals surface area contributed by atoms with Gasteiger partial charge in [-0.2, -0.15) is 0 Å². The van der Waals surface area contributed by atoms with Gasteiger partial charge in [-0.15, -0.1) is 0 Å². The van der Waals surface area contributed by atoms with Gasteiger partial charge in [0.05, 0.1) is 6.61 Å². The van der Waals surface area contributed by atoms with E-state index in [9.17, 15) is 18.9 Å². The van der Waals surface area contributed by atoms with Gasteiger partial charge in [0.15, 0.2) is 11.9 Å². The van der Waals surface area contributed by atoms with Crippen LogP contribution in [0.25, 0.3) is 0 Å². The SMILES string of the molecule is CCCCCCCCCCCCCCCCCC(=O)O[C@H](COC(=O)CCC/C=C\C/C=C\C/C=C\C=C\C(=O)CCCCC)COP(=O)(O)O. The van der Waals surface area contributed by atoms with Gasteiger partial charge in [0, 0.05) is 19.3 Å². The molecule has 0 saturated carbocycles. The fraction of sp³-hybridized carbons (Fsp3) is 0.732. The topological polar surface area (TPSA) is 136 Å². The molecule has 0 aromatic carbocycles. The smallest absolute Gasteiger partial charge is 0.462 e. The molecule has 2 N–H and O–H groups in total. The van der Waals surface area contributed by atoms with Crippen molar-refractivity contribution in [2.24, 2.45) is 0 Å². The van der Waals surface area contributed by atoms with E-state index in [0.717, 1.165) is 51.4 Å². The minimum atomic E-state index is -4.78. The Labute approximate surface area is 310 Å². The molecule has 0 aromatic heterocycles. The van der Waals surface area contributed by atoms with Crippen LogP contribution in [0, 0.1) is 0 Å². The zero-order valence-corrected chi connectivity index (χ0v) is 32.9. The molecule has 9 nitrogen and oxygen atoms in total. The first kappa shape index (κ1) is 48.7. The molecule has 0 heterocycles. The Hall–Kier alpha value is -2.32. The van der Waals surface area contributed by atoms with E-state index in [1.54, 1.807) is 12.2 Å². The highest BCUT2D eigenvalue weighted by Crippen LogP contribution is 2.36. The molecule has 0 fully saturated rings. The molecule has 0 radical (unpaired) electrons. The Morgan fingerprint density at radius 1 is 0.569 bits per heavy atom. The molecular formula is C41H71O9P. The number of phosphoric ester groups is 1. The number of ether oxygens (including phenoxy) is 2. The van der Waals surface area contributed by atoms with Crippen LogP contribution in [0.1, 0.15) is 174 Å². The number of phosphoric acid groups is 1. The summed E-state index contributed by atoms with van der Waals surface area (Å²) in [6, 6.07) is 0. The molecule has 0 aliphatic carbocycles. The van der Waals surface area contributed by atoms with Gasteiger partial charge in [0.25, 0.3) is 0 Å². The van der Waals surface area contributed by atoms with E-state index in [0.29, 0.717) is 25.7 Å². The van der Waals surface area contributed by atoms with E-state index in [2.05, 4.69) is 30.5 Å². The van der Waals surface area contributed by atoms with Gasteiger partial charge >= 0.3 is 19.8 Å². The highest BCUT2D eigenvalue weighted by Gasteiger charge is 2.22. The van der Waals surface area contributed by atoms with E-state index in [1.807, 2.05) is 24.3 Å². The molecule has 0 aliphatic heterocycles. The molecule has 0 aromatic rings. The average Bonchev–Trinajstić information content (AvgIpc) is 3.09. The number of esters is 2. The lowest BCUT2D eigenvalue weighted by molar-refractivity contribution is -0.161. The summed E-state index contributed by atoms with van der Waals surface area (Å²) < 4.78 is 26.3. The van der Waals surface area contributed by atoms with Gasteiger partial charge in [-0.1, -0.05) is 159 Å². The first-order valence-corrected chi connectivity index (χ1v) is 21.4. The number of unbranched alkanes of at least 4 members (excludes halogenated alkanes) is 17. The van der Waals surface area contributed by atoms with Crippen molar-refractivity contribution in [1.82, 2.24) is 0 Å². The molecule has 51 heavy (non-hydrogen) atoms.